The molecule has 4 nitrogen and oxygen atoms in total. The van der Waals surface area contributed by atoms with Crippen LogP contribution >= 0.6 is 15.9 Å². The third-order valence-electron chi connectivity index (χ3n) is 2.72. The molecule has 15 heavy (non-hydrogen) atoms. The Bertz CT molecular complexity index is 336. The van der Waals surface area contributed by atoms with Gasteiger partial charge in [-0.15, -0.1) is 0 Å². The van der Waals surface area contributed by atoms with Gasteiger partial charge in [-0.3, -0.25) is 0 Å². The van der Waals surface area contributed by atoms with Gasteiger partial charge in [-0.2, -0.15) is 0 Å². The number of rotatable bonds is 2. The molecule has 0 aromatic carbocycles. The van der Waals surface area contributed by atoms with Crippen LogP contribution in [0.4, 0.5) is 11.6 Å². The highest BCUT2D eigenvalue weighted by molar-refractivity contribution is 9.10. The topological polar surface area (TPSA) is 63.8 Å². The van der Waals surface area contributed by atoms with Gasteiger partial charge < -0.3 is 11.1 Å². The number of halogens is 1. The summed E-state index contributed by atoms with van der Waals surface area (Å²) in [6, 6.07) is 0.504. The molecule has 0 unspecified atom stereocenters. The lowest BCUT2D eigenvalue weighted by molar-refractivity contribution is 0.462. The minimum atomic E-state index is 0.476. The summed E-state index contributed by atoms with van der Waals surface area (Å²) in [4.78, 5) is 8.33. The lowest BCUT2D eigenvalue weighted by atomic mass is 9.95. The van der Waals surface area contributed by atoms with Gasteiger partial charge in [0.15, 0.2) is 11.6 Å². The zero-order valence-corrected chi connectivity index (χ0v) is 10.1. The van der Waals surface area contributed by atoms with Crippen LogP contribution in [0.1, 0.15) is 32.1 Å². The maximum Gasteiger partial charge on any atom is 0.170 e. The maximum atomic E-state index is 5.75. The van der Waals surface area contributed by atoms with Crippen LogP contribution in [0, 0.1) is 0 Å². The van der Waals surface area contributed by atoms with Crippen LogP contribution in [0.2, 0.25) is 0 Å². The van der Waals surface area contributed by atoms with E-state index in [1.807, 2.05) is 0 Å². The molecule has 1 saturated carbocycles. The van der Waals surface area contributed by atoms with Gasteiger partial charge in [-0.05, 0) is 28.8 Å². The van der Waals surface area contributed by atoms with Gasteiger partial charge in [0.2, 0.25) is 0 Å². The first-order chi connectivity index (χ1) is 7.25. The second-order valence-corrected chi connectivity index (χ2v) is 4.72. The van der Waals surface area contributed by atoms with Gasteiger partial charge >= 0.3 is 0 Å². The van der Waals surface area contributed by atoms with Crippen molar-refractivity contribution in [3.63, 3.8) is 0 Å². The summed E-state index contributed by atoms with van der Waals surface area (Å²) in [5.74, 6) is 1.18. The largest absolute Gasteiger partial charge is 0.381 e. The number of nitrogens with two attached hydrogens (primary N) is 1. The molecule has 1 aromatic heterocycles. The highest BCUT2D eigenvalue weighted by Gasteiger charge is 2.15. The van der Waals surface area contributed by atoms with E-state index < -0.39 is 0 Å². The van der Waals surface area contributed by atoms with E-state index in [0.717, 1.165) is 4.60 Å². The van der Waals surface area contributed by atoms with Gasteiger partial charge in [0.25, 0.3) is 0 Å². The van der Waals surface area contributed by atoms with Crippen LogP contribution in [0.15, 0.2) is 10.8 Å². The average Bonchev–Trinajstić information content (AvgIpc) is 2.25. The number of aromatic nitrogens is 2. The molecular formula is C10H15BrN4. The lowest BCUT2D eigenvalue weighted by Gasteiger charge is -2.23. The summed E-state index contributed by atoms with van der Waals surface area (Å²) in [7, 11) is 0. The Labute approximate surface area is 97.8 Å². The van der Waals surface area contributed by atoms with Crippen LogP contribution in [0.5, 0.6) is 0 Å². The van der Waals surface area contributed by atoms with Crippen LogP contribution < -0.4 is 11.1 Å². The van der Waals surface area contributed by atoms with E-state index >= 15 is 0 Å². The second-order valence-electron chi connectivity index (χ2n) is 3.91. The highest BCUT2D eigenvalue weighted by Crippen LogP contribution is 2.23. The number of nitrogen functional groups attached to an aromatic ring is 1. The molecule has 1 aliphatic carbocycles. The van der Waals surface area contributed by atoms with Crippen molar-refractivity contribution < 1.29 is 0 Å². The molecule has 5 heteroatoms. The zero-order chi connectivity index (χ0) is 10.7. The van der Waals surface area contributed by atoms with E-state index in [9.17, 15) is 0 Å². The summed E-state index contributed by atoms with van der Waals surface area (Å²) in [5.41, 5.74) is 5.75. The fourth-order valence-corrected chi connectivity index (χ4v) is 2.20. The molecule has 82 valence electrons. The third kappa shape index (κ3) is 2.81. The van der Waals surface area contributed by atoms with E-state index in [1.54, 1.807) is 6.20 Å². The number of hydrogen-bond donors (Lipinski definition) is 2. The van der Waals surface area contributed by atoms with Crippen molar-refractivity contribution in [1.82, 2.24) is 9.97 Å². The molecule has 0 aliphatic heterocycles. The number of anilines is 2. The molecule has 0 radical (unpaired) electrons. The number of nitrogens with zero attached hydrogens (tertiary/aromatic N) is 2. The maximum absolute atomic E-state index is 5.75. The monoisotopic (exact) mass is 270 g/mol. The molecule has 1 aromatic rings. The Morgan fingerprint density at radius 2 is 2.07 bits per heavy atom. The SMILES string of the molecule is Nc1ncc(Br)nc1NC1CCCCC1. The first-order valence-corrected chi connectivity index (χ1v) is 6.09. The second kappa shape index (κ2) is 4.79. The first-order valence-electron chi connectivity index (χ1n) is 5.30. The molecule has 0 bridgehead atoms. The molecule has 0 amide bonds. The predicted octanol–water partition coefficient (Wildman–Crippen LogP) is 2.57. The Balaban J connectivity index is 2.05. The van der Waals surface area contributed by atoms with Crippen molar-refractivity contribution in [2.75, 3.05) is 11.1 Å². The van der Waals surface area contributed by atoms with Crippen molar-refractivity contribution in [2.45, 2.75) is 38.1 Å². The summed E-state index contributed by atoms with van der Waals surface area (Å²) < 4.78 is 0.718. The van der Waals surface area contributed by atoms with Crippen LogP contribution in [0.3, 0.4) is 0 Å². The molecule has 1 aliphatic rings. The van der Waals surface area contributed by atoms with Crippen LogP contribution in [-0.4, -0.2) is 16.0 Å². The van der Waals surface area contributed by atoms with E-state index in [0.29, 0.717) is 17.7 Å². The lowest BCUT2D eigenvalue weighted by Crippen LogP contribution is -2.23. The standard InChI is InChI=1S/C10H15BrN4/c11-8-6-13-9(12)10(15-8)14-7-4-2-1-3-5-7/h6-7H,1-5H2,(H2,12,13)(H,14,15). The van der Waals surface area contributed by atoms with E-state index in [-0.39, 0.29) is 0 Å². The number of hydrogen-bond acceptors (Lipinski definition) is 4. The Kier molecular flexibility index (Phi) is 3.41. The van der Waals surface area contributed by atoms with Crippen molar-refractivity contribution in [3.8, 4) is 0 Å². The first kappa shape index (κ1) is 10.7. The van der Waals surface area contributed by atoms with E-state index in [2.05, 4.69) is 31.2 Å². The van der Waals surface area contributed by atoms with Crippen molar-refractivity contribution in [3.05, 3.63) is 10.8 Å². The molecule has 2 rings (SSSR count). The number of nitrogens with one attached hydrogen (secondary N) is 1. The fourth-order valence-electron chi connectivity index (χ4n) is 1.92. The third-order valence-corrected chi connectivity index (χ3v) is 3.10. The minimum absolute atomic E-state index is 0.476. The van der Waals surface area contributed by atoms with Gasteiger partial charge in [0.05, 0.1) is 6.20 Å². The van der Waals surface area contributed by atoms with Crippen LogP contribution in [-0.2, 0) is 0 Å². The van der Waals surface area contributed by atoms with Crippen molar-refractivity contribution in [2.24, 2.45) is 0 Å². The Morgan fingerprint density at radius 3 is 2.80 bits per heavy atom. The fraction of sp³-hybridized carbons (Fsp3) is 0.600. The summed E-state index contributed by atoms with van der Waals surface area (Å²) in [6.07, 6.45) is 7.94. The van der Waals surface area contributed by atoms with Gasteiger partial charge in [-0.25, -0.2) is 9.97 Å². The summed E-state index contributed by atoms with van der Waals surface area (Å²) in [5, 5.41) is 3.36. The molecule has 1 fully saturated rings. The molecule has 0 spiro atoms. The van der Waals surface area contributed by atoms with Crippen molar-refractivity contribution in [1.29, 1.82) is 0 Å². The zero-order valence-electron chi connectivity index (χ0n) is 8.54. The van der Waals surface area contributed by atoms with Gasteiger partial charge in [-0.1, -0.05) is 19.3 Å². The summed E-state index contributed by atoms with van der Waals surface area (Å²) >= 11 is 3.29. The van der Waals surface area contributed by atoms with E-state index in [4.69, 9.17) is 5.73 Å². The molecule has 1 heterocycles. The van der Waals surface area contributed by atoms with Crippen LogP contribution in [0.25, 0.3) is 0 Å². The summed E-state index contributed by atoms with van der Waals surface area (Å²) in [6.45, 7) is 0. The van der Waals surface area contributed by atoms with Gasteiger partial charge in [0, 0.05) is 6.04 Å². The van der Waals surface area contributed by atoms with Gasteiger partial charge in [0.1, 0.15) is 4.60 Å². The smallest absolute Gasteiger partial charge is 0.170 e. The molecule has 0 saturated heterocycles. The Morgan fingerprint density at radius 1 is 1.33 bits per heavy atom. The molecular weight excluding hydrogens is 256 g/mol. The Hall–Kier alpha value is -0.840. The molecule has 0 atom stereocenters. The average molecular weight is 271 g/mol. The quantitative estimate of drug-likeness (QED) is 0.867. The van der Waals surface area contributed by atoms with E-state index in [1.165, 1.54) is 32.1 Å². The van der Waals surface area contributed by atoms with Crippen molar-refractivity contribution >= 4 is 27.6 Å². The molecule has 3 N–H and O–H groups in total. The predicted molar refractivity (Wildman–Crippen MR) is 64.6 cm³/mol. The highest BCUT2D eigenvalue weighted by atomic mass is 79.9. The minimum Gasteiger partial charge on any atom is -0.381 e. The normalized spacial score (nSPS) is 17.7.